The maximum atomic E-state index is 13.1. The van der Waals surface area contributed by atoms with Crippen LogP contribution in [0.25, 0.3) is 10.9 Å². The van der Waals surface area contributed by atoms with E-state index in [2.05, 4.69) is 4.57 Å². The van der Waals surface area contributed by atoms with E-state index in [-0.39, 0.29) is 5.82 Å². The first-order valence-corrected chi connectivity index (χ1v) is 5.05. The SMILES string of the molecule is O=Cc1cn(C2CC2)c2ccc(F)cc12. The van der Waals surface area contributed by atoms with Gasteiger partial charge in [0.15, 0.2) is 6.29 Å². The number of halogens is 1. The summed E-state index contributed by atoms with van der Waals surface area (Å²) in [5.41, 5.74) is 1.54. The standard InChI is InChI=1S/C12H10FNO/c13-9-1-4-12-11(5-9)8(7-15)6-14(12)10-2-3-10/h1,4-7,10H,2-3H2. The number of rotatable bonds is 2. The molecule has 1 aromatic heterocycles. The fraction of sp³-hybridized carbons (Fsp3) is 0.250. The second-order valence-corrected chi connectivity index (χ2v) is 4.00. The monoisotopic (exact) mass is 203 g/mol. The highest BCUT2D eigenvalue weighted by atomic mass is 19.1. The molecule has 1 aliphatic rings. The normalized spacial score (nSPS) is 15.8. The Balaban J connectivity index is 2.33. The summed E-state index contributed by atoms with van der Waals surface area (Å²) in [7, 11) is 0. The Hall–Kier alpha value is -1.64. The van der Waals surface area contributed by atoms with Gasteiger partial charge in [0.05, 0.1) is 0 Å². The second-order valence-electron chi connectivity index (χ2n) is 4.00. The minimum Gasteiger partial charge on any atom is -0.344 e. The van der Waals surface area contributed by atoms with Crippen LogP contribution in [-0.2, 0) is 0 Å². The summed E-state index contributed by atoms with van der Waals surface area (Å²) >= 11 is 0. The average Bonchev–Trinajstić information content (AvgIpc) is 3.01. The molecule has 0 radical (unpaired) electrons. The van der Waals surface area contributed by atoms with E-state index >= 15 is 0 Å². The predicted molar refractivity (Wildman–Crippen MR) is 55.6 cm³/mol. The van der Waals surface area contributed by atoms with Crippen LogP contribution in [0.1, 0.15) is 29.2 Å². The van der Waals surface area contributed by atoms with E-state index in [9.17, 15) is 9.18 Å². The zero-order chi connectivity index (χ0) is 10.4. The van der Waals surface area contributed by atoms with Gasteiger partial charge in [0, 0.05) is 28.7 Å². The zero-order valence-corrected chi connectivity index (χ0v) is 8.11. The Bertz CT molecular complexity index is 540. The number of carbonyl (C=O) groups excluding carboxylic acids is 1. The molecule has 1 aromatic carbocycles. The van der Waals surface area contributed by atoms with Crippen LogP contribution in [0.15, 0.2) is 24.4 Å². The lowest BCUT2D eigenvalue weighted by atomic mass is 10.2. The number of aromatic nitrogens is 1. The quantitative estimate of drug-likeness (QED) is 0.688. The van der Waals surface area contributed by atoms with Crippen molar-refractivity contribution in [2.24, 2.45) is 0 Å². The highest BCUT2D eigenvalue weighted by Gasteiger charge is 2.25. The topological polar surface area (TPSA) is 22.0 Å². The average molecular weight is 203 g/mol. The van der Waals surface area contributed by atoms with E-state index in [1.54, 1.807) is 6.07 Å². The molecular weight excluding hydrogens is 193 g/mol. The third kappa shape index (κ3) is 1.27. The molecule has 0 atom stereocenters. The lowest BCUT2D eigenvalue weighted by Crippen LogP contribution is -1.90. The van der Waals surface area contributed by atoms with Gasteiger partial charge in [-0.05, 0) is 31.0 Å². The molecule has 0 bridgehead atoms. The van der Waals surface area contributed by atoms with E-state index in [4.69, 9.17) is 0 Å². The number of fused-ring (bicyclic) bond motifs is 1. The van der Waals surface area contributed by atoms with Crippen molar-refractivity contribution in [3.63, 3.8) is 0 Å². The molecule has 0 N–H and O–H groups in total. The van der Waals surface area contributed by atoms with Crippen molar-refractivity contribution in [3.8, 4) is 0 Å². The third-order valence-electron chi connectivity index (χ3n) is 2.89. The van der Waals surface area contributed by atoms with E-state index in [0.29, 0.717) is 11.6 Å². The van der Waals surface area contributed by atoms with E-state index in [1.807, 2.05) is 6.20 Å². The first-order chi connectivity index (χ1) is 7.29. The maximum absolute atomic E-state index is 13.1. The van der Waals surface area contributed by atoms with Gasteiger partial charge in [-0.2, -0.15) is 0 Å². The minimum absolute atomic E-state index is 0.292. The van der Waals surface area contributed by atoms with Crippen LogP contribution in [0.4, 0.5) is 4.39 Å². The molecule has 0 unspecified atom stereocenters. The summed E-state index contributed by atoms with van der Waals surface area (Å²) in [5, 5.41) is 0.719. The van der Waals surface area contributed by atoms with Gasteiger partial charge in [0.1, 0.15) is 5.82 Å². The van der Waals surface area contributed by atoms with Gasteiger partial charge in [-0.25, -0.2) is 4.39 Å². The molecular formula is C12H10FNO. The van der Waals surface area contributed by atoms with Crippen LogP contribution in [0, 0.1) is 5.82 Å². The van der Waals surface area contributed by atoms with Crippen molar-refractivity contribution in [2.45, 2.75) is 18.9 Å². The van der Waals surface area contributed by atoms with Crippen molar-refractivity contribution >= 4 is 17.2 Å². The molecule has 1 aliphatic carbocycles. The van der Waals surface area contributed by atoms with Crippen molar-refractivity contribution in [1.82, 2.24) is 4.57 Å². The lowest BCUT2D eigenvalue weighted by Gasteiger charge is -2.00. The molecule has 2 nitrogen and oxygen atoms in total. The molecule has 0 amide bonds. The smallest absolute Gasteiger partial charge is 0.152 e. The fourth-order valence-corrected chi connectivity index (χ4v) is 2.00. The molecule has 1 heterocycles. The predicted octanol–water partition coefficient (Wildman–Crippen LogP) is 2.93. The number of carbonyl (C=O) groups is 1. The number of benzene rings is 1. The largest absolute Gasteiger partial charge is 0.344 e. The van der Waals surface area contributed by atoms with Gasteiger partial charge >= 0.3 is 0 Å². The van der Waals surface area contributed by atoms with Gasteiger partial charge in [-0.3, -0.25) is 4.79 Å². The van der Waals surface area contributed by atoms with E-state index in [0.717, 1.165) is 30.0 Å². The summed E-state index contributed by atoms with van der Waals surface area (Å²) in [6.07, 6.45) is 4.92. The van der Waals surface area contributed by atoms with Gasteiger partial charge in [-0.1, -0.05) is 0 Å². The molecule has 3 heteroatoms. The summed E-state index contributed by atoms with van der Waals surface area (Å²) in [6.45, 7) is 0. The van der Waals surface area contributed by atoms with Crippen molar-refractivity contribution in [3.05, 3.63) is 35.8 Å². The van der Waals surface area contributed by atoms with E-state index in [1.165, 1.54) is 12.1 Å². The molecule has 0 saturated heterocycles. The number of aldehydes is 1. The Morgan fingerprint density at radius 1 is 1.40 bits per heavy atom. The van der Waals surface area contributed by atoms with Crippen LogP contribution in [0.3, 0.4) is 0 Å². The van der Waals surface area contributed by atoms with Crippen molar-refractivity contribution in [2.75, 3.05) is 0 Å². The van der Waals surface area contributed by atoms with Crippen molar-refractivity contribution < 1.29 is 9.18 Å². The Morgan fingerprint density at radius 3 is 2.87 bits per heavy atom. The number of hydrogen-bond donors (Lipinski definition) is 0. The molecule has 15 heavy (non-hydrogen) atoms. The molecule has 0 spiro atoms. The zero-order valence-electron chi connectivity index (χ0n) is 8.11. The third-order valence-corrected chi connectivity index (χ3v) is 2.89. The highest BCUT2D eigenvalue weighted by Crippen LogP contribution is 2.38. The minimum atomic E-state index is -0.292. The highest BCUT2D eigenvalue weighted by molar-refractivity contribution is 5.97. The Kier molecular flexibility index (Phi) is 1.69. The Labute approximate surface area is 86.3 Å². The summed E-state index contributed by atoms with van der Waals surface area (Å²) in [5.74, 6) is -0.292. The Morgan fingerprint density at radius 2 is 2.20 bits per heavy atom. The molecule has 0 aliphatic heterocycles. The molecule has 2 aromatic rings. The fourth-order valence-electron chi connectivity index (χ4n) is 2.00. The van der Waals surface area contributed by atoms with Crippen LogP contribution >= 0.6 is 0 Å². The maximum Gasteiger partial charge on any atom is 0.152 e. The van der Waals surface area contributed by atoms with E-state index < -0.39 is 0 Å². The van der Waals surface area contributed by atoms with Gasteiger partial charge in [0.2, 0.25) is 0 Å². The number of nitrogens with zero attached hydrogens (tertiary/aromatic N) is 1. The summed E-state index contributed by atoms with van der Waals surface area (Å²) in [4.78, 5) is 10.9. The molecule has 1 saturated carbocycles. The van der Waals surface area contributed by atoms with Gasteiger partial charge in [-0.15, -0.1) is 0 Å². The van der Waals surface area contributed by atoms with Crippen LogP contribution in [0.2, 0.25) is 0 Å². The molecule has 1 fully saturated rings. The molecule has 3 rings (SSSR count). The molecule has 76 valence electrons. The van der Waals surface area contributed by atoms with Gasteiger partial charge < -0.3 is 4.57 Å². The van der Waals surface area contributed by atoms with Crippen LogP contribution in [0.5, 0.6) is 0 Å². The summed E-state index contributed by atoms with van der Waals surface area (Å²) in [6, 6.07) is 5.12. The number of hydrogen-bond acceptors (Lipinski definition) is 1. The van der Waals surface area contributed by atoms with Gasteiger partial charge in [0.25, 0.3) is 0 Å². The first-order valence-electron chi connectivity index (χ1n) is 5.05. The summed E-state index contributed by atoms with van der Waals surface area (Å²) < 4.78 is 15.1. The lowest BCUT2D eigenvalue weighted by molar-refractivity contribution is 0.112. The first kappa shape index (κ1) is 8.65. The van der Waals surface area contributed by atoms with Crippen LogP contribution < -0.4 is 0 Å². The van der Waals surface area contributed by atoms with Crippen molar-refractivity contribution in [1.29, 1.82) is 0 Å². The second kappa shape index (κ2) is 2.92. The van der Waals surface area contributed by atoms with Crippen LogP contribution in [-0.4, -0.2) is 10.9 Å².